The third-order valence-corrected chi connectivity index (χ3v) is 2.90. The van der Waals surface area contributed by atoms with Crippen LogP contribution in [0.4, 0.5) is 0 Å². The minimum absolute atomic E-state index is 0.360. The normalized spacial score (nSPS) is 11.6. The maximum atomic E-state index is 8.78. The van der Waals surface area contributed by atoms with Crippen LogP contribution < -0.4 is 4.74 Å². The fourth-order valence-corrected chi connectivity index (χ4v) is 1.82. The first-order valence-electron chi connectivity index (χ1n) is 6.53. The van der Waals surface area contributed by atoms with Gasteiger partial charge < -0.3 is 9.94 Å². The maximum Gasteiger partial charge on any atom is 0.164 e. The van der Waals surface area contributed by atoms with E-state index in [9.17, 15) is 0 Å². The smallest absolute Gasteiger partial charge is 0.164 e. The summed E-state index contributed by atoms with van der Waals surface area (Å²) < 4.78 is 7.55. The predicted octanol–water partition coefficient (Wildman–Crippen LogP) is 2.47. The largest absolute Gasteiger partial charge is 0.486 e. The van der Waals surface area contributed by atoms with Gasteiger partial charge in [-0.05, 0) is 25.5 Å². The molecule has 0 aliphatic heterocycles. The van der Waals surface area contributed by atoms with E-state index < -0.39 is 0 Å². The lowest BCUT2D eigenvalue weighted by atomic mass is 10.1. The Kier molecular flexibility index (Phi) is 4.70. The van der Waals surface area contributed by atoms with Crippen molar-refractivity contribution in [3.8, 4) is 5.75 Å². The second-order valence-electron chi connectivity index (χ2n) is 4.40. The topological polar surface area (TPSA) is 72.5 Å². The van der Waals surface area contributed by atoms with Crippen molar-refractivity contribution in [2.75, 3.05) is 0 Å². The fourth-order valence-electron chi connectivity index (χ4n) is 1.82. The quantitative estimate of drug-likeness (QED) is 0.499. The highest BCUT2D eigenvalue weighted by atomic mass is 16.5. The van der Waals surface area contributed by atoms with Crippen LogP contribution in [0.2, 0.25) is 0 Å². The zero-order chi connectivity index (χ0) is 14.4. The van der Waals surface area contributed by atoms with Gasteiger partial charge in [0.2, 0.25) is 0 Å². The van der Waals surface area contributed by atoms with Crippen molar-refractivity contribution in [2.45, 2.75) is 33.4 Å². The molecular formula is C14H18N4O2. The number of hydrogen-bond acceptors (Lipinski definition) is 5. The van der Waals surface area contributed by atoms with Gasteiger partial charge >= 0.3 is 0 Å². The molecule has 1 aromatic carbocycles. The Balaban J connectivity index is 2.05. The van der Waals surface area contributed by atoms with Crippen molar-refractivity contribution in [3.05, 3.63) is 42.0 Å². The van der Waals surface area contributed by atoms with Crippen LogP contribution in [0.1, 0.15) is 31.7 Å². The predicted molar refractivity (Wildman–Crippen MR) is 75.1 cm³/mol. The van der Waals surface area contributed by atoms with Crippen molar-refractivity contribution < 1.29 is 9.94 Å². The van der Waals surface area contributed by atoms with Crippen molar-refractivity contribution in [1.29, 1.82) is 0 Å². The molecular weight excluding hydrogens is 256 g/mol. The Morgan fingerprint density at radius 1 is 1.45 bits per heavy atom. The van der Waals surface area contributed by atoms with E-state index in [1.54, 1.807) is 6.92 Å². The number of aryl methyl sites for hydroxylation is 1. The van der Waals surface area contributed by atoms with Crippen LogP contribution in [0.3, 0.4) is 0 Å². The Bertz CT molecular complexity index is 592. The molecule has 0 saturated carbocycles. The standard InChI is InChI=1S/C14H18N4O2/c1-3-7-18-14(15-10-16-18)9-20-13-6-4-5-12(8-13)11(2)17-19/h4-6,8,10,19H,3,7,9H2,1-2H3. The number of ether oxygens (including phenoxy) is 1. The Labute approximate surface area is 117 Å². The molecule has 6 nitrogen and oxygen atoms in total. The average molecular weight is 274 g/mol. The SMILES string of the molecule is CCCn1ncnc1COc1cccc(C(C)=NO)c1. The molecule has 20 heavy (non-hydrogen) atoms. The minimum Gasteiger partial charge on any atom is -0.486 e. The van der Waals surface area contributed by atoms with E-state index in [-0.39, 0.29) is 0 Å². The third-order valence-electron chi connectivity index (χ3n) is 2.90. The van der Waals surface area contributed by atoms with Crippen LogP contribution in [0.5, 0.6) is 5.75 Å². The minimum atomic E-state index is 0.360. The number of aromatic nitrogens is 3. The molecule has 0 aliphatic carbocycles. The van der Waals surface area contributed by atoms with E-state index in [1.165, 1.54) is 6.33 Å². The van der Waals surface area contributed by atoms with Gasteiger partial charge in [0.15, 0.2) is 5.82 Å². The van der Waals surface area contributed by atoms with Gasteiger partial charge in [0.05, 0.1) is 5.71 Å². The Hall–Kier alpha value is -2.37. The molecule has 0 fully saturated rings. The molecule has 106 valence electrons. The van der Waals surface area contributed by atoms with Crippen molar-refractivity contribution in [3.63, 3.8) is 0 Å². The maximum absolute atomic E-state index is 8.78. The summed E-state index contributed by atoms with van der Waals surface area (Å²) in [6.45, 7) is 5.01. The first kappa shape index (κ1) is 14.0. The molecule has 0 bridgehead atoms. The number of nitrogens with zero attached hydrogens (tertiary/aromatic N) is 4. The van der Waals surface area contributed by atoms with E-state index in [2.05, 4.69) is 22.2 Å². The highest BCUT2D eigenvalue weighted by Gasteiger charge is 2.05. The second-order valence-corrected chi connectivity index (χ2v) is 4.40. The Morgan fingerprint density at radius 3 is 3.05 bits per heavy atom. The molecule has 1 N–H and O–H groups in total. The molecule has 2 rings (SSSR count). The monoisotopic (exact) mass is 274 g/mol. The van der Waals surface area contributed by atoms with Crippen LogP contribution in [-0.4, -0.2) is 25.7 Å². The van der Waals surface area contributed by atoms with E-state index in [0.717, 1.165) is 24.4 Å². The summed E-state index contributed by atoms with van der Waals surface area (Å²) >= 11 is 0. The van der Waals surface area contributed by atoms with E-state index in [1.807, 2.05) is 28.9 Å². The lowest BCUT2D eigenvalue weighted by Crippen LogP contribution is -2.08. The van der Waals surface area contributed by atoms with Gasteiger partial charge in [0, 0.05) is 12.1 Å². The molecule has 0 amide bonds. The first-order chi connectivity index (χ1) is 9.74. The second kappa shape index (κ2) is 6.70. The molecule has 6 heteroatoms. The van der Waals surface area contributed by atoms with Gasteiger partial charge in [0.1, 0.15) is 18.7 Å². The zero-order valence-corrected chi connectivity index (χ0v) is 11.7. The summed E-state index contributed by atoms with van der Waals surface area (Å²) in [7, 11) is 0. The molecule has 0 radical (unpaired) electrons. The lowest BCUT2D eigenvalue weighted by Gasteiger charge is -2.08. The van der Waals surface area contributed by atoms with Crippen molar-refractivity contribution in [2.24, 2.45) is 5.16 Å². The zero-order valence-electron chi connectivity index (χ0n) is 11.7. The van der Waals surface area contributed by atoms with E-state index in [0.29, 0.717) is 18.1 Å². The van der Waals surface area contributed by atoms with Crippen LogP contribution in [0.25, 0.3) is 0 Å². The molecule has 0 saturated heterocycles. The summed E-state index contributed by atoms with van der Waals surface area (Å²) in [4.78, 5) is 4.19. The van der Waals surface area contributed by atoms with E-state index >= 15 is 0 Å². The fraction of sp³-hybridized carbons (Fsp3) is 0.357. The van der Waals surface area contributed by atoms with Crippen LogP contribution >= 0.6 is 0 Å². The van der Waals surface area contributed by atoms with Gasteiger partial charge in [-0.1, -0.05) is 24.2 Å². The molecule has 1 heterocycles. The number of rotatable bonds is 6. The summed E-state index contributed by atoms with van der Waals surface area (Å²) in [6.07, 6.45) is 2.53. The van der Waals surface area contributed by atoms with Crippen molar-refractivity contribution in [1.82, 2.24) is 14.8 Å². The van der Waals surface area contributed by atoms with Gasteiger partial charge in [0.25, 0.3) is 0 Å². The number of benzene rings is 1. The lowest BCUT2D eigenvalue weighted by molar-refractivity contribution is 0.286. The number of hydrogen-bond donors (Lipinski definition) is 1. The third kappa shape index (κ3) is 3.34. The Morgan fingerprint density at radius 2 is 2.30 bits per heavy atom. The van der Waals surface area contributed by atoms with Crippen LogP contribution in [0.15, 0.2) is 35.7 Å². The summed E-state index contributed by atoms with van der Waals surface area (Å²) in [5.74, 6) is 1.50. The highest BCUT2D eigenvalue weighted by Crippen LogP contribution is 2.15. The summed E-state index contributed by atoms with van der Waals surface area (Å²) in [5, 5.41) is 16.1. The number of oxime groups is 1. The van der Waals surface area contributed by atoms with Crippen molar-refractivity contribution >= 4 is 5.71 Å². The molecule has 0 aliphatic rings. The van der Waals surface area contributed by atoms with Gasteiger partial charge in [-0.25, -0.2) is 9.67 Å². The molecule has 0 spiro atoms. The average Bonchev–Trinajstić information content (AvgIpc) is 2.92. The molecule has 0 atom stereocenters. The molecule has 1 aromatic heterocycles. The van der Waals surface area contributed by atoms with Crippen LogP contribution in [0, 0.1) is 0 Å². The van der Waals surface area contributed by atoms with Gasteiger partial charge in [-0.2, -0.15) is 5.10 Å². The molecule has 0 unspecified atom stereocenters. The highest BCUT2D eigenvalue weighted by molar-refractivity contribution is 5.98. The van der Waals surface area contributed by atoms with Crippen LogP contribution in [-0.2, 0) is 13.2 Å². The summed E-state index contributed by atoms with van der Waals surface area (Å²) in [5.41, 5.74) is 1.37. The summed E-state index contributed by atoms with van der Waals surface area (Å²) in [6, 6.07) is 7.40. The van der Waals surface area contributed by atoms with Gasteiger partial charge in [-0.3, -0.25) is 0 Å². The molecule has 2 aromatic rings. The van der Waals surface area contributed by atoms with Gasteiger partial charge in [-0.15, -0.1) is 0 Å². The van der Waals surface area contributed by atoms with E-state index in [4.69, 9.17) is 9.94 Å². The first-order valence-corrected chi connectivity index (χ1v) is 6.53.